The quantitative estimate of drug-likeness (QED) is 0.493. The van der Waals surface area contributed by atoms with Crippen molar-refractivity contribution in [3.8, 4) is 0 Å². The van der Waals surface area contributed by atoms with Crippen LogP contribution in [0.15, 0.2) is 0 Å². The molecule has 9 heavy (non-hydrogen) atoms. The second-order valence-electron chi connectivity index (χ2n) is 1.14. The van der Waals surface area contributed by atoms with E-state index in [0.717, 1.165) is 0 Å². The molecular weight excluding hydrogens is 221 g/mol. The first kappa shape index (κ1) is 16.4. The molecule has 0 spiro atoms. The normalized spacial score (nSPS) is 5.56. The predicted molar refractivity (Wildman–Crippen MR) is 31.2 cm³/mol. The summed E-state index contributed by atoms with van der Waals surface area (Å²) in [5, 5.41) is 2.75. The van der Waals surface area contributed by atoms with Crippen molar-refractivity contribution in [2.45, 2.75) is 23.9 Å². The van der Waals surface area contributed by atoms with E-state index in [1.54, 1.807) is 0 Å². The summed E-state index contributed by atoms with van der Waals surface area (Å²) in [5.41, 5.74) is 4.17. The maximum absolute atomic E-state index is 8.58. The van der Waals surface area contributed by atoms with Crippen molar-refractivity contribution in [2.24, 2.45) is 5.73 Å². The maximum Gasteiger partial charge on any atom is 0.204 e. The van der Waals surface area contributed by atoms with Gasteiger partial charge < -0.3 is 5.73 Å². The molecule has 0 radical (unpaired) electrons. The molecule has 0 aliphatic carbocycles. The van der Waals surface area contributed by atoms with Gasteiger partial charge in [-0.25, -0.2) is 0 Å². The number of carbonyl (C=O) groups is 1. The molecule has 48 valence electrons. The minimum Gasteiger partial charge on any atom is -0.372 e. The molecule has 0 unspecified atom stereocenters. The van der Waals surface area contributed by atoms with E-state index in [1.165, 1.54) is 46.6 Å². The Morgan fingerprint density at radius 3 is 1.33 bits per heavy atom. The summed E-state index contributed by atoms with van der Waals surface area (Å²) in [5.74, 6) is 0. The van der Waals surface area contributed by atoms with Gasteiger partial charge in [0.15, 0.2) is 0 Å². The number of hydrogen-bond donors (Lipinski definition) is 1. The Morgan fingerprint density at radius 2 is 1.33 bits per heavy atom. The summed E-state index contributed by atoms with van der Waals surface area (Å²) in [4.78, 5) is 8.58. The van der Waals surface area contributed by atoms with E-state index >= 15 is 0 Å². The number of rotatable bonds is 0. The Kier molecular flexibility index (Phi) is 68.3. The van der Waals surface area contributed by atoms with E-state index in [1.807, 2.05) is 0 Å². The Balaban J connectivity index is -0.0000000600. The fraction of sp³-hybridized carbons (Fsp3) is 0.800. The van der Waals surface area contributed by atoms with E-state index in [0.29, 0.717) is 0 Å². The largest absolute Gasteiger partial charge is 0.372 e. The maximum atomic E-state index is 8.58. The molecule has 2 nitrogen and oxygen atoms in total. The van der Waals surface area contributed by atoms with E-state index < -0.39 is 0 Å². The van der Waals surface area contributed by atoms with Crippen LogP contribution >= 0.6 is 0 Å². The second-order valence-corrected chi connectivity index (χ2v) is 5.33. The molecule has 0 saturated carbocycles. The van der Waals surface area contributed by atoms with Crippen molar-refractivity contribution in [1.82, 2.24) is 0 Å². The summed E-state index contributed by atoms with van der Waals surface area (Å²) in [6, 6.07) is 0. The fourth-order valence-corrected chi connectivity index (χ4v) is 0. The molecule has 0 aromatic rings. The average Bonchev–Trinajstić information content (AvgIpc) is 1.70. The summed E-state index contributed by atoms with van der Waals surface area (Å²) in [6.45, 7) is 4.36. The SMILES string of the molecule is C[CH2][Zn].C[CH2][Zn].NC=O. The van der Waals surface area contributed by atoms with Crippen LogP contribution in [-0.4, -0.2) is 6.41 Å². The number of primary amides is 1. The van der Waals surface area contributed by atoms with Crippen molar-refractivity contribution in [3.05, 3.63) is 0 Å². The third kappa shape index (κ3) is 765. The minimum absolute atomic E-state index is 0.250. The third-order valence-corrected chi connectivity index (χ3v) is 0. The number of amides is 1. The Bertz CT molecular complexity index is 34.1. The van der Waals surface area contributed by atoms with Crippen LogP contribution in [0.5, 0.6) is 0 Å². The van der Waals surface area contributed by atoms with Crippen molar-refractivity contribution < 1.29 is 41.4 Å². The zero-order chi connectivity index (χ0) is 8.12. The van der Waals surface area contributed by atoms with Crippen LogP contribution in [0.25, 0.3) is 0 Å². The van der Waals surface area contributed by atoms with Gasteiger partial charge in [-0.2, -0.15) is 0 Å². The Labute approximate surface area is 77.3 Å². The van der Waals surface area contributed by atoms with E-state index in [4.69, 9.17) is 4.79 Å². The van der Waals surface area contributed by atoms with Gasteiger partial charge in [0.25, 0.3) is 0 Å². The molecular formula is C5H13NOZn2. The first-order chi connectivity index (χ1) is 4.24. The van der Waals surface area contributed by atoms with Crippen LogP contribution in [0, 0.1) is 0 Å². The van der Waals surface area contributed by atoms with Crippen molar-refractivity contribution in [3.63, 3.8) is 0 Å². The first-order valence-electron chi connectivity index (χ1n) is 2.98. The molecule has 0 aromatic carbocycles. The van der Waals surface area contributed by atoms with Crippen LogP contribution in [0.4, 0.5) is 0 Å². The summed E-state index contributed by atoms with van der Waals surface area (Å²) >= 11 is 2.89. The molecule has 0 saturated heterocycles. The van der Waals surface area contributed by atoms with E-state index in [9.17, 15) is 0 Å². The molecule has 0 atom stereocenters. The van der Waals surface area contributed by atoms with Gasteiger partial charge in [0.2, 0.25) is 6.41 Å². The van der Waals surface area contributed by atoms with Gasteiger partial charge in [-0.05, 0) is 0 Å². The predicted octanol–water partition coefficient (Wildman–Crippen LogP) is 1.04. The molecule has 0 bridgehead atoms. The smallest absolute Gasteiger partial charge is 0.204 e. The molecule has 0 aliphatic heterocycles. The van der Waals surface area contributed by atoms with Gasteiger partial charge >= 0.3 is 60.5 Å². The van der Waals surface area contributed by atoms with E-state index in [-0.39, 0.29) is 6.41 Å². The number of nitrogens with two attached hydrogens (primary N) is 1. The van der Waals surface area contributed by atoms with Crippen LogP contribution in [0.2, 0.25) is 10.0 Å². The van der Waals surface area contributed by atoms with Gasteiger partial charge in [-0.3, -0.25) is 4.79 Å². The van der Waals surface area contributed by atoms with Crippen LogP contribution in [-0.2, 0) is 41.4 Å². The molecule has 2 N–H and O–H groups in total. The Morgan fingerprint density at radius 1 is 1.33 bits per heavy atom. The van der Waals surface area contributed by atoms with Crippen LogP contribution < -0.4 is 5.73 Å². The molecule has 0 fully saturated rings. The average molecular weight is 234 g/mol. The molecule has 1 amide bonds. The topological polar surface area (TPSA) is 43.1 Å². The number of carbonyl (C=O) groups excluding carboxylic acids is 1. The molecule has 0 rings (SSSR count). The number of hydrogen-bond acceptors (Lipinski definition) is 1. The van der Waals surface area contributed by atoms with Gasteiger partial charge in [0.05, 0.1) is 0 Å². The zero-order valence-electron chi connectivity index (χ0n) is 6.39. The summed E-state index contributed by atoms with van der Waals surface area (Å²) < 4.78 is 0. The van der Waals surface area contributed by atoms with Gasteiger partial charge in [0, 0.05) is 0 Å². The van der Waals surface area contributed by atoms with Gasteiger partial charge in [0.1, 0.15) is 0 Å². The van der Waals surface area contributed by atoms with Crippen molar-refractivity contribution >= 4 is 6.41 Å². The molecule has 4 heteroatoms. The van der Waals surface area contributed by atoms with Gasteiger partial charge in [-0.15, -0.1) is 0 Å². The zero-order valence-corrected chi connectivity index (χ0v) is 12.3. The summed E-state index contributed by atoms with van der Waals surface area (Å²) in [6.07, 6.45) is 0.250. The molecule has 0 aromatic heterocycles. The fourth-order valence-electron chi connectivity index (χ4n) is 0. The van der Waals surface area contributed by atoms with Gasteiger partial charge in [-0.1, -0.05) is 0 Å². The standard InChI is InChI=1S/2C2H5.CH3NO.2Zn/c2*1-2;2-1-3;;/h2*1H2,2H3;1H,(H2,2,3);;. The first-order valence-corrected chi connectivity index (χ1v) is 7.18. The van der Waals surface area contributed by atoms with E-state index in [2.05, 4.69) is 19.6 Å². The molecule has 0 heterocycles. The van der Waals surface area contributed by atoms with Crippen molar-refractivity contribution in [2.75, 3.05) is 0 Å². The summed E-state index contributed by atoms with van der Waals surface area (Å²) in [7, 11) is 0. The Hall–Kier alpha value is 0.717. The third-order valence-electron chi connectivity index (χ3n) is 0. The van der Waals surface area contributed by atoms with Crippen molar-refractivity contribution in [1.29, 1.82) is 0 Å². The monoisotopic (exact) mass is 231 g/mol. The molecule has 0 aliphatic rings. The minimum atomic E-state index is 0.250. The second kappa shape index (κ2) is 37.6. The van der Waals surface area contributed by atoms with Crippen LogP contribution in [0.3, 0.4) is 0 Å². The van der Waals surface area contributed by atoms with Crippen LogP contribution in [0.1, 0.15) is 13.8 Å².